The molecule has 0 radical (unpaired) electrons. The van der Waals surface area contributed by atoms with Crippen molar-refractivity contribution in [3.8, 4) is 5.75 Å². The van der Waals surface area contributed by atoms with Crippen LogP contribution in [0.15, 0.2) is 53.6 Å². The van der Waals surface area contributed by atoms with Gasteiger partial charge in [-0.25, -0.2) is 0 Å². The molecular formula is C17H16N3O2-. The number of hydrogen-bond acceptors (Lipinski definition) is 3. The van der Waals surface area contributed by atoms with Gasteiger partial charge in [-0.3, -0.25) is 4.79 Å². The van der Waals surface area contributed by atoms with E-state index < -0.39 is 0 Å². The van der Waals surface area contributed by atoms with Crippen molar-refractivity contribution in [3.05, 3.63) is 81.8 Å². The number of benzene rings is 1. The van der Waals surface area contributed by atoms with E-state index >= 15 is 0 Å². The van der Waals surface area contributed by atoms with Crippen LogP contribution in [0.5, 0.6) is 5.75 Å². The largest absolute Gasteiger partial charge is 0.497 e. The van der Waals surface area contributed by atoms with E-state index in [-0.39, 0.29) is 5.56 Å². The van der Waals surface area contributed by atoms with Crippen LogP contribution in [-0.2, 0) is 12.8 Å². The Kier molecular flexibility index (Phi) is 4.05. The minimum Gasteiger partial charge on any atom is -0.497 e. The van der Waals surface area contributed by atoms with E-state index in [9.17, 15) is 4.79 Å². The normalized spacial score (nSPS) is 10.6. The van der Waals surface area contributed by atoms with Crippen LogP contribution in [0.4, 0.5) is 0 Å². The molecule has 0 spiro atoms. The maximum atomic E-state index is 12.1. The van der Waals surface area contributed by atoms with Crippen molar-refractivity contribution >= 4 is 0 Å². The van der Waals surface area contributed by atoms with E-state index in [0.29, 0.717) is 24.2 Å². The summed E-state index contributed by atoms with van der Waals surface area (Å²) in [6.45, 7) is 0. The molecule has 2 aromatic heterocycles. The van der Waals surface area contributed by atoms with E-state index in [1.807, 2.05) is 36.4 Å². The summed E-state index contributed by atoms with van der Waals surface area (Å²) in [7, 11) is 1.64. The van der Waals surface area contributed by atoms with E-state index in [4.69, 9.17) is 4.74 Å². The van der Waals surface area contributed by atoms with Crippen molar-refractivity contribution in [2.24, 2.45) is 0 Å². The average molecular weight is 294 g/mol. The van der Waals surface area contributed by atoms with Gasteiger partial charge in [0.25, 0.3) is 5.56 Å². The number of imidazole rings is 1. The van der Waals surface area contributed by atoms with Crippen molar-refractivity contribution in [2.75, 3.05) is 7.11 Å². The van der Waals surface area contributed by atoms with Crippen molar-refractivity contribution in [3.63, 3.8) is 0 Å². The fourth-order valence-corrected chi connectivity index (χ4v) is 2.28. The molecule has 0 amide bonds. The van der Waals surface area contributed by atoms with Crippen LogP contribution in [0.1, 0.15) is 22.6 Å². The molecule has 0 atom stereocenters. The second-order valence-corrected chi connectivity index (χ2v) is 5.01. The summed E-state index contributed by atoms with van der Waals surface area (Å²) in [5.74, 6) is 1.48. The van der Waals surface area contributed by atoms with Gasteiger partial charge in [0, 0.05) is 17.7 Å². The third-order valence-electron chi connectivity index (χ3n) is 3.47. The fraction of sp³-hybridized carbons (Fsp3) is 0.176. The molecule has 1 aromatic carbocycles. The maximum Gasteiger partial charge on any atom is 0.251 e. The smallest absolute Gasteiger partial charge is 0.251 e. The first-order valence-corrected chi connectivity index (χ1v) is 7.01. The Morgan fingerprint density at radius 3 is 2.59 bits per heavy atom. The number of pyridine rings is 1. The number of rotatable bonds is 5. The Balaban J connectivity index is 1.75. The van der Waals surface area contributed by atoms with Crippen LogP contribution in [0.2, 0.25) is 0 Å². The highest BCUT2D eigenvalue weighted by atomic mass is 16.5. The van der Waals surface area contributed by atoms with Crippen LogP contribution in [-0.4, -0.2) is 17.1 Å². The van der Waals surface area contributed by atoms with Gasteiger partial charge in [0.15, 0.2) is 0 Å². The van der Waals surface area contributed by atoms with E-state index in [1.165, 1.54) is 0 Å². The zero-order chi connectivity index (χ0) is 15.4. The first-order chi connectivity index (χ1) is 10.7. The number of aromatic amines is 1. The lowest BCUT2D eigenvalue weighted by atomic mass is 10.1. The maximum absolute atomic E-state index is 12.1. The van der Waals surface area contributed by atoms with Gasteiger partial charge in [-0.15, -0.1) is 0 Å². The zero-order valence-corrected chi connectivity index (χ0v) is 12.2. The summed E-state index contributed by atoms with van der Waals surface area (Å²) in [6, 6.07) is 11.6. The van der Waals surface area contributed by atoms with Crippen molar-refractivity contribution in [2.45, 2.75) is 12.8 Å². The molecule has 3 aromatic rings. The monoisotopic (exact) mass is 294 g/mol. The Hall–Kier alpha value is -2.82. The van der Waals surface area contributed by atoms with Crippen molar-refractivity contribution in [1.29, 1.82) is 0 Å². The molecule has 3 rings (SSSR count). The van der Waals surface area contributed by atoms with Gasteiger partial charge in [0.05, 0.1) is 7.11 Å². The van der Waals surface area contributed by atoms with Gasteiger partial charge in [0.2, 0.25) is 0 Å². The molecule has 5 nitrogen and oxygen atoms in total. The molecule has 0 saturated carbocycles. The molecule has 0 aliphatic carbocycles. The topological polar surface area (TPSA) is 69.1 Å². The quantitative estimate of drug-likeness (QED) is 0.780. The van der Waals surface area contributed by atoms with Crippen LogP contribution < -0.4 is 15.3 Å². The third kappa shape index (κ3) is 3.25. The number of hydrogen-bond donors (Lipinski definition) is 1. The van der Waals surface area contributed by atoms with Gasteiger partial charge in [-0.05, 0) is 30.2 Å². The lowest BCUT2D eigenvalue weighted by Crippen LogP contribution is -2.15. The molecule has 0 fully saturated rings. The highest BCUT2D eigenvalue weighted by Gasteiger charge is 2.03. The number of nitrogens with zero attached hydrogens (tertiary/aromatic N) is 2. The first kappa shape index (κ1) is 14.1. The molecule has 0 unspecified atom stereocenters. The summed E-state index contributed by atoms with van der Waals surface area (Å²) >= 11 is 0. The number of methoxy groups -OCH3 is 1. The lowest BCUT2D eigenvalue weighted by molar-refractivity contribution is 0.414. The van der Waals surface area contributed by atoms with Gasteiger partial charge < -0.3 is 19.7 Å². The van der Waals surface area contributed by atoms with Crippen LogP contribution in [0.25, 0.3) is 0 Å². The molecule has 0 saturated heterocycles. The van der Waals surface area contributed by atoms with Crippen LogP contribution >= 0.6 is 0 Å². The zero-order valence-electron chi connectivity index (χ0n) is 12.2. The highest BCUT2D eigenvalue weighted by Crippen LogP contribution is 2.13. The average Bonchev–Trinajstić information content (AvgIpc) is 3.04. The summed E-state index contributed by atoms with van der Waals surface area (Å²) in [4.78, 5) is 23.2. The third-order valence-corrected chi connectivity index (χ3v) is 3.47. The predicted octanol–water partition coefficient (Wildman–Crippen LogP) is 1.92. The summed E-state index contributed by atoms with van der Waals surface area (Å²) < 4.78 is 5.13. The highest BCUT2D eigenvalue weighted by molar-refractivity contribution is 5.30. The van der Waals surface area contributed by atoms with E-state index in [2.05, 4.69) is 15.0 Å². The summed E-state index contributed by atoms with van der Waals surface area (Å²) in [5.41, 5.74) is 2.58. The Morgan fingerprint density at radius 1 is 1.14 bits per heavy atom. The number of aromatic nitrogens is 3. The summed E-state index contributed by atoms with van der Waals surface area (Å²) in [5, 5.41) is 0. The molecule has 1 N–H and O–H groups in total. The van der Waals surface area contributed by atoms with Gasteiger partial charge in [-0.1, -0.05) is 36.4 Å². The molecule has 22 heavy (non-hydrogen) atoms. The van der Waals surface area contributed by atoms with E-state index in [0.717, 1.165) is 17.0 Å². The van der Waals surface area contributed by atoms with Gasteiger partial charge in [-0.2, -0.15) is 0 Å². The fourth-order valence-electron chi connectivity index (χ4n) is 2.28. The van der Waals surface area contributed by atoms with E-state index in [1.54, 1.807) is 19.5 Å². The lowest BCUT2D eigenvalue weighted by Gasteiger charge is -2.07. The van der Waals surface area contributed by atoms with Crippen molar-refractivity contribution < 1.29 is 4.74 Å². The number of nitrogens with one attached hydrogen (secondary N) is 1. The standard InChI is InChI=1S/C17H17N3O2/c1-22-15-6-2-12(3-7-15)10-14-5-4-13(17(21)20-14)11-16-18-8-9-19-16/h2-9H,10-11H2,1H3,(H2,18,19,20,21)/p-1. The Morgan fingerprint density at radius 2 is 1.95 bits per heavy atom. The predicted molar refractivity (Wildman–Crippen MR) is 83.2 cm³/mol. The Labute approximate surface area is 128 Å². The molecule has 0 aliphatic rings. The first-order valence-electron chi connectivity index (χ1n) is 7.01. The second kappa shape index (κ2) is 6.30. The minimum absolute atomic E-state index is 0.0872. The SMILES string of the molecule is COc1ccc(Cc2ccc(Cc3ncc[n-]3)c(=O)[nH]2)cc1. The van der Waals surface area contributed by atoms with Crippen LogP contribution in [0, 0.1) is 0 Å². The number of H-pyrrole nitrogens is 1. The molecule has 2 heterocycles. The van der Waals surface area contributed by atoms with Crippen LogP contribution in [0.3, 0.4) is 0 Å². The Bertz CT molecular complexity index is 790. The minimum atomic E-state index is -0.0872. The molecular weight excluding hydrogens is 278 g/mol. The molecule has 0 aliphatic heterocycles. The molecule has 5 heteroatoms. The molecule has 0 bridgehead atoms. The van der Waals surface area contributed by atoms with Gasteiger partial charge >= 0.3 is 0 Å². The number of ether oxygens (including phenoxy) is 1. The van der Waals surface area contributed by atoms with Gasteiger partial charge in [0.1, 0.15) is 5.75 Å². The molecule has 112 valence electrons. The second-order valence-electron chi connectivity index (χ2n) is 5.01. The van der Waals surface area contributed by atoms with Crippen molar-refractivity contribution in [1.82, 2.24) is 15.0 Å². The summed E-state index contributed by atoms with van der Waals surface area (Å²) in [6.07, 6.45) is 4.38.